The normalized spacial score (nSPS) is 10.3. The minimum atomic E-state index is -0.135. The van der Waals surface area contributed by atoms with Gasteiger partial charge in [0, 0.05) is 12.7 Å². The van der Waals surface area contributed by atoms with Crippen LogP contribution in [0.3, 0.4) is 0 Å². The Bertz CT molecular complexity index is 323. The fourth-order valence-corrected chi connectivity index (χ4v) is 0.970. The molecule has 0 aromatic carbocycles. The molecule has 0 saturated carbocycles. The van der Waals surface area contributed by atoms with Crippen molar-refractivity contribution in [1.82, 2.24) is 15.3 Å². The summed E-state index contributed by atoms with van der Waals surface area (Å²) in [6.07, 6.45) is 1.59. The van der Waals surface area contributed by atoms with Gasteiger partial charge in [0.25, 0.3) is 5.91 Å². The van der Waals surface area contributed by atoms with Gasteiger partial charge in [0.2, 0.25) is 0 Å². The zero-order chi connectivity index (χ0) is 10.6. The summed E-state index contributed by atoms with van der Waals surface area (Å²) in [5.41, 5.74) is 0.429. The summed E-state index contributed by atoms with van der Waals surface area (Å²) in [6.45, 7) is 6.53. The van der Waals surface area contributed by atoms with E-state index in [1.54, 1.807) is 19.2 Å². The third-order valence-electron chi connectivity index (χ3n) is 1.68. The van der Waals surface area contributed by atoms with Crippen molar-refractivity contribution in [3.63, 3.8) is 0 Å². The van der Waals surface area contributed by atoms with Gasteiger partial charge in [0.1, 0.15) is 11.5 Å². The predicted octanol–water partition coefficient (Wildman–Crippen LogP) is 1.17. The van der Waals surface area contributed by atoms with Gasteiger partial charge in [-0.25, -0.2) is 9.97 Å². The highest BCUT2D eigenvalue weighted by molar-refractivity contribution is 5.92. The van der Waals surface area contributed by atoms with E-state index >= 15 is 0 Å². The quantitative estimate of drug-likeness (QED) is 0.784. The zero-order valence-corrected chi connectivity index (χ0v) is 8.74. The molecule has 1 aromatic rings. The molecule has 4 heteroatoms. The lowest BCUT2D eigenvalue weighted by atomic mass is 10.2. The largest absolute Gasteiger partial charge is 0.350 e. The maximum absolute atomic E-state index is 11.5. The Morgan fingerprint density at radius 3 is 2.86 bits per heavy atom. The first-order chi connectivity index (χ1) is 6.59. The van der Waals surface area contributed by atoms with Crippen molar-refractivity contribution >= 4 is 5.91 Å². The van der Waals surface area contributed by atoms with Gasteiger partial charge in [0.05, 0.1) is 0 Å². The summed E-state index contributed by atoms with van der Waals surface area (Å²) in [5, 5.41) is 2.80. The first-order valence-corrected chi connectivity index (χ1v) is 4.67. The first-order valence-electron chi connectivity index (χ1n) is 4.67. The second-order valence-electron chi connectivity index (χ2n) is 3.59. The second kappa shape index (κ2) is 4.69. The predicted molar refractivity (Wildman–Crippen MR) is 53.9 cm³/mol. The van der Waals surface area contributed by atoms with E-state index < -0.39 is 0 Å². The Labute approximate surface area is 83.8 Å². The SMILES string of the molecule is Cc1nccc(C(=O)NCC(C)C)n1. The highest BCUT2D eigenvalue weighted by atomic mass is 16.1. The van der Waals surface area contributed by atoms with E-state index in [1.165, 1.54) is 0 Å². The standard InChI is InChI=1S/C10H15N3O/c1-7(2)6-12-10(14)9-4-5-11-8(3)13-9/h4-5,7H,6H2,1-3H3,(H,12,14). The van der Waals surface area contributed by atoms with Crippen LogP contribution >= 0.6 is 0 Å². The van der Waals surface area contributed by atoms with Crippen LogP contribution in [0.5, 0.6) is 0 Å². The minimum Gasteiger partial charge on any atom is -0.350 e. The molecule has 1 heterocycles. The first kappa shape index (κ1) is 10.6. The van der Waals surface area contributed by atoms with Crippen molar-refractivity contribution in [3.8, 4) is 0 Å². The van der Waals surface area contributed by atoms with Crippen molar-refractivity contribution in [1.29, 1.82) is 0 Å². The molecule has 1 amide bonds. The van der Waals surface area contributed by atoms with Crippen molar-refractivity contribution in [2.24, 2.45) is 5.92 Å². The number of hydrogen-bond donors (Lipinski definition) is 1. The number of nitrogens with zero attached hydrogens (tertiary/aromatic N) is 2. The number of hydrogen-bond acceptors (Lipinski definition) is 3. The lowest BCUT2D eigenvalue weighted by molar-refractivity contribution is 0.0943. The average molecular weight is 193 g/mol. The lowest BCUT2D eigenvalue weighted by Crippen LogP contribution is -2.28. The monoisotopic (exact) mass is 193 g/mol. The van der Waals surface area contributed by atoms with E-state index in [4.69, 9.17) is 0 Å². The fourth-order valence-electron chi connectivity index (χ4n) is 0.970. The van der Waals surface area contributed by atoms with Crippen LogP contribution in [0.25, 0.3) is 0 Å². The number of aryl methyl sites for hydroxylation is 1. The smallest absolute Gasteiger partial charge is 0.270 e. The van der Waals surface area contributed by atoms with Crippen LogP contribution in [0.4, 0.5) is 0 Å². The number of nitrogens with one attached hydrogen (secondary N) is 1. The fraction of sp³-hybridized carbons (Fsp3) is 0.500. The molecule has 0 fully saturated rings. The number of aromatic nitrogens is 2. The van der Waals surface area contributed by atoms with Crippen molar-refractivity contribution in [2.75, 3.05) is 6.54 Å². The van der Waals surface area contributed by atoms with Crippen molar-refractivity contribution in [2.45, 2.75) is 20.8 Å². The van der Waals surface area contributed by atoms with E-state index in [9.17, 15) is 4.79 Å². The molecule has 0 aliphatic carbocycles. The highest BCUT2D eigenvalue weighted by Gasteiger charge is 2.07. The topological polar surface area (TPSA) is 54.9 Å². The zero-order valence-electron chi connectivity index (χ0n) is 8.74. The van der Waals surface area contributed by atoms with Crippen LogP contribution in [-0.4, -0.2) is 22.4 Å². The van der Waals surface area contributed by atoms with Gasteiger partial charge in [-0.15, -0.1) is 0 Å². The molecule has 14 heavy (non-hydrogen) atoms. The maximum Gasteiger partial charge on any atom is 0.270 e. The Kier molecular flexibility index (Phi) is 3.56. The Hall–Kier alpha value is -1.45. The minimum absolute atomic E-state index is 0.135. The molecule has 0 atom stereocenters. The van der Waals surface area contributed by atoms with Gasteiger partial charge in [-0.3, -0.25) is 4.79 Å². The Morgan fingerprint density at radius 1 is 1.57 bits per heavy atom. The molecular weight excluding hydrogens is 178 g/mol. The van der Waals surface area contributed by atoms with E-state index in [1.807, 2.05) is 13.8 Å². The maximum atomic E-state index is 11.5. The molecule has 0 bridgehead atoms. The molecule has 0 saturated heterocycles. The summed E-state index contributed by atoms with van der Waals surface area (Å²) >= 11 is 0. The van der Waals surface area contributed by atoms with Gasteiger partial charge in [-0.2, -0.15) is 0 Å². The van der Waals surface area contributed by atoms with Gasteiger partial charge in [-0.1, -0.05) is 13.8 Å². The summed E-state index contributed by atoms with van der Waals surface area (Å²) < 4.78 is 0. The van der Waals surface area contributed by atoms with E-state index in [0.717, 1.165) is 0 Å². The van der Waals surface area contributed by atoms with Crippen LogP contribution in [0.2, 0.25) is 0 Å². The number of carbonyl (C=O) groups is 1. The molecule has 1 aromatic heterocycles. The van der Waals surface area contributed by atoms with E-state index in [-0.39, 0.29) is 5.91 Å². The summed E-state index contributed by atoms with van der Waals surface area (Å²) in [4.78, 5) is 19.5. The van der Waals surface area contributed by atoms with E-state index in [2.05, 4.69) is 15.3 Å². The third kappa shape index (κ3) is 3.12. The van der Waals surface area contributed by atoms with Gasteiger partial charge < -0.3 is 5.32 Å². The number of rotatable bonds is 3. The molecule has 0 radical (unpaired) electrons. The molecule has 1 N–H and O–H groups in total. The van der Waals surface area contributed by atoms with Crippen LogP contribution in [-0.2, 0) is 0 Å². The molecule has 1 rings (SSSR count). The molecule has 76 valence electrons. The molecular formula is C10H15N3O. The van der Waals surface area contributed by atoms with Crippen LogP contribution in [0, 0.1) is 12.8 Å². The summed E-state index contributed by atoms with van der Waals surface area (Å²) in [7, 11) is 0. The summed E-state index contributed by atoms with van der Waals surface area (Å²) in [5.74, 6) is 0.924. The second-order valence-corrected chi connectivity index (χ2v) is 3.59. The van der Waals surface area contributed by atoms with Crippen LogP contribution < -0.4 is 5.32 Å². The number of carbonyl (C=O) groups excluding carboxylic acids is 1. The number of amides is 1. The van der Waals surface area contributed by atoms with Gasteiger partial charge >= 0.3 is 0 Å². The van der Waals surface area contributed by atoms with Crippen molar-refractivity contribution in [3.05, 3.63) is 23.8 Å². The van der Waals surface area contributed by atoms with Crippen LogP contribution in [0.15, 0.2) is 12.3 Å². The third-order valence-corrected chi connectivity index (χ3v) is 1.68. The van der Waals surface area contributed by atoms with Gasteiger partial charge in [-0.05, 0) is 18.9 Å². The van der Waals surface area contributed by atoms with Crippen molar-refractivity contribution < 1.29 is 4.79 Å². The van der Waals surface area contributed by atoms with Crippen LogP contribution in [0.1, 0.15) is 30.2 Å². The summed E-state index contributed by atoms with van der Waals surface area (Å²) in [6, 6.07) is 1.61. The molecule has 0 aliphatic rings. The lowest BCUT2D eigenvalue weighted by Gasteiger charge is -2.06. The Morgan fingerprint density at radius 2 is 2.29 bits per heavy atom. The average Bonchev–Trinajstić information content (AvgIpc) is 2.14. The molecule has 0 aliphatic heterocycles. The molecule has 0 unspecified atom stereocenters. The molecule has 4 nitrogen and oxygen atoms in total. The van der Waals surface area contributed by atoms with E-state index in [0.29, 0.717) is 24.0 Å². The molecule has 0 spiro atoms. The van der Waals surface area contributed by atoms with Gasteiger partial charge in [0.15, 0.2) is 0 Å². The Balaban J connectivity index is 2.61. The highest BCUT2D eigenvalue weighted by Crippen LogP contribution is 1.95.